The molecule has 13 heteroatoms. The quantitative estimate of drug-likeness (QED) is 0.100. The molecule has 9 N–H and O–H groups in total. The van der Waals surface area contributed by atoms with Crippen molar-refractivity contribution >= 4 is 34.6 Å². The number of carboxylic acid groups (broad SMARTS) is 1. The molecule has 0 aliphatic carbocycles. The molecule has 0 aliphatic heterocycles. The van der Waals surface area contributed by atoms with Gasteiger partial charge in [-0.3, -0.25) is 14.4 Å². The third kappa shape index (κ3) is 7.80. The van der Waals surface area contributed by atoms with E-state index in [-0.39, 0.29) is 19.3 Å². The fourth-order valence-electron chi connectivity index (χ4n) is 4.52. The van der Waals surface area contributed by atoms with Gasteiger partial charge in [0, 0.05) is 41.8 Å². The van der Waals surface area contributed by atoms with Gasteiger partial charge in [0.15, 0.2) is 0 Å². The molecule has 4 atom stereocenters. The first-order valence-corrected chi connectivity index (χ1v) is 13.3. The maximum Gasteiger partial charge on any atom is 0.328 e. The highest BCUT2D eigenvalue weighted by atomic mass is 16.4. The Morgan fingerprint density at radius 2 is 1.45 bits per heavy atom. The minimum Gasteiger partial charge on any atom is -0.480 e. The number of aromatic amines is 2. The molecule has 4 aromatic rings. The van der Waals surface area contributed by atoms with Gasteiger partial charge in [-0.25, -0.2) is 9.78 Å². The van der Waals surface area contributed by atoms with Gasteiger partial charge in [-0.15, -0.1) is 0 Å². The van der Waals surface area contributed by atoms with Crippen LogP contribution in [0, 0.1) is 0 Å². The van der Waals surface area contributed by atoms with Crippen LogP contribution in [0.1, 0.15) is 16.8 Å². The molecular formula is C29H33N7O6. The van der Waals surface area contributed by atoms with Gasteiger partial charge in [-0.2, -0.15) is 0 Å². The molecule has 2 aromatic carbocycles. The van der Waals surface area contributed by atoms with E-state index in [1.807, 2.05) is 30.3 Å². The maximum atomic E-state index is 13.6. The van der Waals surface area contributed by atoms with Gasteiger partial charge in [0.25, 0.3) is 0 Å². The van der Waals surface area contributed by atoms with E-state index < -0.39 is 54.5 Å². The smallest absolute Gasteiger partial charge is 0.328 e. The molecule has 0 aliphatic rings. The number of fused-ring (bicyclic) bond motifs is 1. The highest BCUT2D eigenvalue weighted by Gasteiger charge is 2.31. The fraction of sp³-hybridized carbons (Fsp3) is 0.276. The van der Waals surface area contributed by atoms with Crippen LogP contribution in [0.3, 0.4) is 0 Å². The Bertz CT molecular complexity index is 1510. The van der Waals surface area contributed by atoms with Crippen LogP contribution >= 0.6 is 0 Å². The molecule has 2 aromatic heterocycles. The molecule has 0 fully saturated rings. The standard InChI is InChI=1S/C29H33N7O6/c30-21(11-18-13-32-22-9-5-4-8-20(18)22)26(38)34-23(10-17-6-2-1-3-7-17)27(39)35-24(12-19-14-31-16-33-19)28(40)36-25(15-37)29(41)42/h1-9,13-14,16,21,23-25,32,37H,10-12,15,30H2,(H,31,33)(H,34,38)(H,35,39)(H,36,40)(H,41,42). The number of para-hydroxylation sites is 1. The second-order valence-electron chi connectivity index (χ2n) is 9.85. The summed E-state index contributed by atoms with van der Waals surface area (Å²) in [5, 5.41) is 27.1. The van der Waals surface area contributed by atoms with Crippen molar-refractivity contribution in [3.63, 3.8) is 0 Å². The van der Waals surface area contributed by atoms with Crippen LogP contribution in [0.25, 0.3) is 10.9 Å². The Morgan fingerprint density at radius 3 is 2.12 bits per heavy atom. The number of hydrogen-bond acceptors (Lipinski definition) is 7. The van der Waals surface area contributed by atoms with Crippen molar-refractivity contribution in [3.05, 3.63) is 90.1 Å². The van der Waals surface area contributed by atoms with Crippen LogP contribution in [0.2, 0.25) is 0 Å². The number of benzene rings is 2. The predicted octanol–water partition coefficient (Wildman–Crippen LogP) is -0.222. The SMILES string of the molecule is NC(Cc1c[nH]c2ccccc12)C(=O)NC(Cc1ccccc1)C(=O)NC(Cc1cnc[nH]1)C(=O)NC(CO)C(=O)O. The molecule has 0 spiro atoms. The number of nitrogens with two attached hydrogens (primary N) is 1. The number of aliphatic hydroxyl groups is 1. The van der Waals surface area contributed by atoms with E-state index in [9.17, 15) is 29.4 Å². The van der Waals surface area contributed by atoms with Gasteiger partial charge in [0.1, 0.15) is 18.1 Å². The largest absolute Gasteiger partial charge is 0.480 e. The van der Waals surface area contributed by atoms with Crippen LogP contribution < -0.4 is 21.7 Å². The summed E-state index contributed by atoms with van der Waals surface area (Å²) in [6, 6.07) is 11.7. The Morgan fingerprint density at radius 1 is 0.810 bits per heavy atom. The van der Waals surface area contributed by atoms with Crippen molar-refractivity contribution in [2.45, 2.75) is 43.4 Å². The first-order chi connectivity index (χ1) is 20.2. The van der Waals surface area contributed by atoms with E-state index in [0.29, 0.717) is 5.69 Å². The number of aromatic nitrogens is 3. The van der Waals surface area contributed by atoms with E-state index in [2.05, 4.69) is 30.9 Å². The van der Waals surface area contributed by atoms with Gasteiger partial charge in [-0.05, 0) is 23.6 Å². The molecule has 13 nitrogen and oxygen atoms in total. The minimum atomic E-state index is -1.57. The molecule has 0 radical (unpaired) electrons. The molecule has 42 heavy (non-hydrogen) atoms. The second-order valence-corrected chi connectivity index (χ2v) is 9.85. The summed E-state index contributed by atoms with van der Waals surface area (Å²) in [6.07, 6.45) is 4.92. The number of aliphatic hydroxyl groups excluding tert-OH is 1. The van der Waals surface area contributed by atoms with Gasteiger partial charge < -0.3 is 41.9 Å². The number of nitrogens with one attached hydrogen (secondary N) is 5. The lowest BCUT2D eigenvalue weighted by Crippen LogP contribution is -2.58. The summed E-state index contributed by atoms with van der Waals surface area (Å²) < 4.78 is 0. The third-order valence-electron chi connectivity index (χ3n) is 6.78. The van der Waals surface area contributed by atoms with Crippen LogP contribution in [0.4, 0.5) is 0 Å². The number of imidazole rings is 1. The average molecular weight is 576 g/mol. The molecule has 4 rings (SSSR count). The summed E-state index contributed by atoms with van der Waals surface area (Å²) in [5.41, 5.74) is 9.28. The summed E-state index contributed by atoms with van der Waals surface area (Å²) in [6.45, 7) is -0.840. The van der Waals surface area contributed by atoms with E-state index in [4.69, 9.17) is 5.73 Å². The van der Waals surface area contributed by atoms with Crippen LogP contribution in [-0.4, -0.2) is 79.6 Å². The molecule has 0 bridgehead atoms. The Balaban J connectivity index is 1.51. The minimum absolute atomic E-state index is 0.0541. The summed E-state index contributed by atoms with van der Waals surface area (Å²) in [4.78, 5) is 61.1. The number of carbonyl (C=O) groups is 4. The Hall–Kier alpha value is -5.01. The lowest BCUT2D eigenvalue weighted by molar-refractivity contribution is -0.143. The number of H-pyrrole nitrogens is 2. The Kier molecular flexibility index (Phi) is 10.0. The monoisotopic (exact) mass is 575 g/mol. The number of amides is 3. The normalized spacial score (nSPS) is 14.0. The van der Waals surface area contributed by atoms with E-state index >= 15 is 0 Å². The van der Waals surface area contributed by atoms with Crippen molar-refractivity contribution in [3.8, 4) is 0 Å². The van der Waals surface area contributed by atoms with Crippen molar-refractivity contribution < 1.29 is 29.4 Å². The molecule has 220 valence electrons. The van der Waals surface area contributed by atoms with Crippen molar-refractivity contribution in [1.82, 2.24) is 30.9 Å². The van der Waals surface area contributed by atoms with Crippen LogP contribution in [-0.2, 0) is 38.4 Å². The van der Waals surface area contributed by atoms with E-state index in [1.165, 1.54) is 12.5 Å². The molecular weight excluding hydrogens is 542 g/mol. The third-order valence-corrected chi connectivity index (χ3v) is 6.78. The number of rotatable bonds is 14. The Labute approximate surface area is 240 Å². The average Bonchev–Trinajstić information content (AvgIpc) is 3.65. The van der Waals surface area contributed by atoms with Crippen molar-refractivity contribution in [2.24, 2.45) is 5.73 Å². The van der Waals surface area contributed by atoms with Crippen LogP contribution in [0.5, 0.6) is 0 Å². The van der Waals surface area contributed by atoms with Gasteiger partial charge >= 0.3 is 5.97 Å². The zero-order valence-corrected chi connectivity index (χ0v) is 22.6. The molecule has 0 saturated heterocycles. The molecule has 0 saturated carbocycles. The second kappa shape index (κ2) is 14.1. The lowest BCUT2D eigenvalue weighted by Gasteiger charge is -2.25. The number of carbonyl (C=O) groups excluding carboxylic acids is 3. The number of aliphatic carboxylic acids is 1. The van der Waals surface area contributed by atoms with E-state index in [1.54, 1.807) is 30.5 Å². The van der Waals surface area contributed by atoms with Crippen molar-refractivity contribution in [2.75, 3.05) is 6.61 Å². The summed E-state index contributed by atoms with van der Waals surface area (Å²) >= 11 is 0. The zero-order valence-electron chi connectivity index (χ0n) is 22.6. The first kappa shape index (κ1) is 30.0. The number of nitrogens with zero attached hydrogens (tertiary/aromatic N) is 1. The van der Waals surface area contributed by atoms with Crippen LogP contribution in [0.15, 0.2) is 73.3 Å². The van der Waals surface area contributed by atoms with E-state index in [0.717, 1.165) is 22.0 Å². The van der Waals surface area contributed by atoms with Gasteiger partial charge in [0.2, 0.25) is 17.7 Å². The van der Waals surface area contributed by atoms with Gasteiger partial charge in [-0.1, -0.05) is 48.5 Å². The number of carboxylic acids is 1. The summed E-state index contributed by atoms with van der Waals surface area (Å²) in [7, 11) is 0. The molecule has 2 heterocycles. The lowest BCUT2D eigenvalue weighted by atomic mass is 10.0. The topological polar surface area (TPSA) is 215 Å². The highest BCUT2D eigenvalue weighted by molar-refractivity contribution is 5.94. The molecule has 4 unspecified atom stereocenters. The fourth-order valence-corrected chi connectivity index (χ4v) is 4.52. The highest BCUT2D eigenvalue weighted by Crippen LogP contribution is 2.19. The predicted molar refractivity (Wildman–Crippen MR) is 153 cm³/mol. The zero-order chi connectivity index (χ0) is 30.1. The van der Waals surface area contributed by atoms with Crippen molar-refractivity contribution in [1.29, 1.82) is 0 Å². The first-order valence-electron chi connectivity index (χ1n) is 13.3. The van der Waals surface area contributed by atoms with Gasteiger partial charge in [0.05, 0.1) is 19.0 Å². The summed E-state index contributed by atoms with van der Waals surface area (Å²) in [5.74, 6) is -3.50. The number of hydrogen-bond donors (Lipinski definition) is 8. The maximum absolute atomic E-state index is 13.6. The molecule has 3 amide bonds.